The Bertz CT molecular complexity index is 562. The van der Waals surface area contributed by atoms with Crippen molar-refractivity contribution < 1.29 is 13.9 Å². The molecular formula is C16H23F2N3OS. The highest BCUT2D eigenvalue weighted by molar-refractivity contribution is 7.99. The molecule has 0 amide bonds. The third-order valence-corrected chi connectivity index (χ3v) is 4.97. The summed E-state index contributed by atoms with van der Waals surface area (Å²) in [5, 5.41) is 16.5. The summed E-state index contributed by atoms with van der Waals surface area (Å²) < 4.78 is 26.9. The van der Waals surface area contributed by atoms with E-state index in [4.69, 9.17) is 0 Å². The number of rotatable bonds is 5. The van der Waals surface area contributed by atoms with E-state index in [0.29, 0.717) is 30.4 Å². The molecule has 1 aliphatic rings. The first kappa shape index (κ1) is 18.0. The van der Waals surface area contributed by atoms with Crippen LogP contribution in [0, 0.1) is 11.6 Å². The zero-order valence-electron chi connectivity index (χ0n) is 13.4. The Morgan fingerprint density at radius 1 is 1.48 bits per heavy atom. The zero-order chi connectivity index (χ0) is 16.9. The molecule has 2 atom stereocenters. The van der Waals surface area contributed by atoms with Gasteiger partial charge in [0.05, 0.1) is 18.2 Å². The molecule has 3 N–H and O–H groups in total. The lowest BCUT2D eigenvalue weighted by molar-refractivity contribution is 0.0778. The fourth-order valence-electron chi connectivity index (χ4n) is 2.40. The van der Waals surface area contributed by atoms with E-state index in [9.17, 15) is 13.9 Å². The quantitative estimate of drug-likeness (QED) is 0.568. The highest BCUT2D eigenvalue weighted by Crippen LogP contribution is 2.28. The number of hydrogen-bond donors (Lipinski definition) is 3. The molecule has 0 spiro atoms. The first-order valence-corrected chi connectivity index (χ1v) is 8.89. The minimum atomic E-state index is -0.766. The first-order chi connectivity index (χ1) is 10.9. The van der Waals surface area contributed by atoms with E-state index in [0.717, 1.165) is 18.2 Å². The summed E-state index contributed by atoms with van der Waals surface area (Å²) in [4.78, 5) is 4.41. The van der Waals surface area contributed by atoms with Crippen LogP contribution in [-0.2, 0) is 0 Å². The normalized spacial score (nSPS) is 22.9. The zero-order valence-corrected chi connectivity index (χ0v) is 14.2. The molecule has 1 fully saturated rings. The SMILES string of the molecule is CCNC(=NCC1(O)CCSC1)NC(C)c1ccc(F)cc1F. The van der Waals surface area contributed by atoms with Gasteiger partial charge in [-0.2, -0.15) is 11.8 Å². The van der Waals surface area contributed by atoms with Gasteiger partial charge < -0.3 is 15.7 Å². The van der Waals surface area contributed by atoms with Crippen LogP contribution in [0.5, 0.6) is 0 Å². The smallest absolute Gasteiger partial charge is 0.191 e. The average Bonchev–Trinajstić information content (AvgIpc) is 2.92. The minimum absolute atomic E-state index is 0.300. The van der Waals surface area contributed by atoms with Crippen molar-refractivity contribution in [2.75, 3.05) is 24.6 Å². The molecule has 0 bridgehead atoms. The number of hydrogen-bond acceptors (Lipinski definition) is 3. The van der Waals surface area contributed by atoms with Crippen molar-refractivity contribution in [1.29, 1.82) is 0 Å². The molecule has 1 heterocycles. The Kier molecular flexibility index (Phi) is 6.24. The average molecular weight is 343 g/mol. The molecule has 0 radical (unpaired) electrons. The second-order valence-corrected chi connectivity index (χ2v) is 6.86. The predicted molar refractivity (Wildman–Crippen MR) is 90.8 cm³/mol. The monoisotopic (exact) mass is 343 g/mol. The number of guanidine groups is 1. The minimum Gasteiger partial charge on any atom is -0.387 e. The summed E-state index contributed by atoms with van der Waals surface area (Å²) in [5.74, 6) is 0.936. The summed E-state index contributed by atoms with van der Waals surface area (Å²) in [7, 11) is 0. The Balaban J connectivity index is 2.05. The van der Waals surface area contributed by atoms with E-state index in [-0.39, 0.29) is 6.04 Å². The van der Waals surface area contributed by atoms with Gasteiger partial charge in [-0.3, -0.25) is 4.99 Å². The van der Waals surface area contributed by atoms with Crippen LogP contribution in [0.25, 0.3) is 0 Å². The van der Waals surface area contributed by atoms with Crippen molar-refractivity contribution >= 4 is 17.7 Å². The highest BCUT2D eigenvalue weighted by atomic mass is 32.2. The number of benzene rings is 1. The molecule has 1 aromatic carbocycles. The van der Waals surface area contributed by atoms with Crippen LogP contribution >= 0.6 is 11.8 Å². The lowest BCUT2D eigenvalue weighted by atomic mass is 10.0. The largest absolute Gasteiger partial charge is 0.387 e. The van der Waals surface area contributed by atoms with E-state index >= 15 is 0 Å². The number of aliphatic hydroxyl groups is 1. The van der Waals surface area contributed by atoms with Gasteiger partial charge in [-0.05, 0) is 32.1 Å². The summed E-state index contributed by atoms with van der Waals surface area (Å²) in [6, 6.07) is 3.16. The number of nitrogens with zero attached hydrogens (tertiary/aromatic N) is 1. The standard InChI is InChI=1S/C16H23F2N3OS/c1-3-19-15(20-9-16(22)6-7-23-10-16)21-11(2)13-5-4-12(17)8-14(13)18/h4-5,8,11,22H,3,6-7,9-10H2,1-2H3,(H2,19,20,21). The summed E-state index contributed by atoms with van der Waals surface area (Å²) in [6.07, 6.45) is 0.725. The van der Waals surface area contributed by atoms with Gasteiger partial charge in [-0.15, -0.1) is 0 Å². The van der Waals surface area contributed by atoms with E-state index < -0.39 is 17.2 Å². The lowest BCUT2D eigenvalue weighted by Crippen LogP contribution is -2.41. The first-order valence-electron chi connectivity index (χ1n) is 7.73. The fraction of sp³-hybridized carbons (Fsp3) is 0.562. The van der Waals surface area contributed by atoms with Crippen molar-refractivity contribution in [3.8, 4) is 0 Å². The van der Waals surface area contributed by atoms with Crippen molar-refractivity contribution in [3.63, 3.8) is 0 Å². The molecule has 1 aliphatic heterocycles. The maximum Gasteiger partial charge on any atom is 0.191 e. The molecule has 0 aromatic heterocycles. The molecule has 2 unspecified atom stereocenters. The molecular weight excluding hydrogens is 320 g/mol. The molecule has 0 aliphatic carbocycles. The third kappa shape index (κ3) is 5.07. The van der Waals surface area contributed by atoms with Crippen molar-refractivity contribution in [3.05, 3.63) is 35.4 Å². The Morgan fingerprint density at radius 3 is 2.87 bits per heavy atom. The summed E-state index contributed by atoms with van der Waals surface area (Å²) in [5.41, 5.74) is -0.399. The van der Waals surface area contributed by atoms with Gasteiger partial charge in [0.25, 0.3) is 0 Å². The van der Waals surface area contributed by atoms with Gasteiger partial charge in [0.15, 0.2) is 5.96 Å². The topological polar surface area (TPSA) is 56.7 Å². The van der Waals surface area contributed by atoms with Gasteiger partial charge in [0.1, 0.15) is 11.6 Å². The molecule has 4 nitrogen and oxygen atoms in total. The van der Waals surface area contributed by atoms with Gasteiger partial charge in [-0.1, -0.05) is 6.07 Å². The van der Waals surface area contributed by atoms with Crippen molar-refractivity contribution in [1.82, 2.24) is 10.6 Å². The molecule has 0 saturated carbocycles. The van der Waals surface area contributed by atoms with Gasteiger partial charge in [0.2, 0.25) is 0 Å². The number of aliphatic imine (C=N–C) groups is 1. The van der Waals surface area contributed by atoms with Crippen molar-refractivity contribution in [2.45, 2.75) is 31.9 Å². The second-order valence-electron chi connectivity index (χ2n) is 5.75. The molecule has 23 heavy (non-hydrogen) atoms. The number of nitrogens with one attached hydrogen (secondary N) is 2. The van der Waals surface area contributed by atoms with E-state index in [1.165, 1.54) is 12.1 Å². The third-order valence-electron chi connectivity index (χ3n) is 3.74. The van der Waals surface area contributed by atoms with E-state index in [1.54, 1.807) is 18.7 Å². The van der Waals surface area contributed by atoms with Crippen LogP contribution in [-0.4, -0.2) is 41.3 Å². The van der Waals surface area contributed by atoms with Crippen LogP contribution in [0.4, 0.5) is 8.78 Å². The van der Waals surface area contributed by atoms with Gasteiger partial charge in [0, 0.05) is 23.9 Å². The lowest BCUT2D eigenvalue weighted by Gasteiger charge is -2.22. The van der Waals surface area contributed by atoms with Crippen LogP contribution < -0.4 is 10.6 Å². The number of thioether (sulfide) groups is 1. The van der Waals surface area contributed by atoms with Crippen LogP contribution in [0.1, 0.15) is 31.9 Å². The fourth-order valence-corrected chi connectivity index (χ4v) is 3.69. The Labute approximate surface area is 139 Å². The Morgan fingerprint density at radius 2 is 2.26 bits per heavy atom. The van der Waals surface area contributed by atoms with E-state index in [1.807, 2.05) is 6.92 Å². The molecule has 2 rings (SSSR count). The molecule has 7 heteroatoms. The summed E-state index contributed by atoms with van der Waals surface area (Å²) >= 11 is 1.71. The van der Waals surface area contributed by atoms with Crippen LogP contribution in [0.3, 0.4) is 0 Å². The highest BCUT2D eigenvalue weighted by Gasteiger charge is 2.31. The number of halogens is 2. The Hall–Kier alpha value is -1.34. The van der Waals surface area contributed by atoms with Crippen LogP contribution in [0.2, 0.25) is 0 Å². The molecule has 1 aromatic rings. The molecule has 128 valence electrons. The maximum absolute atomic E-state index is 13.8. The van der Waals surface area contributed by atoms with Crippen molar-refractivity contribution in [2.24, 2.45) is 4.99 Å². The molecule has 1 saturated heterocycles. The summed E-state index contributed by atoms with van der Waals surface area (Å²) in [6.45, 7) is 4.66. The maximum atomic E-state index is 13.8. The van der Waals surface area contributed by atoms with Gasteiger partial charge in [-0.25, -0.2) is 8.78 Å². The second kappa shape index (κ2) is 7.97. The predicted octanol–water partition coefficient (Wildman–Crippen LogP) is 2.45. The van der Waals surface area contributed by atoms with E-state index in [2.05, 4.69) is 15.6 Å². The van der Waals surface area contributed by atoms with Gasteiger partial charge >= 0.3 is 0 Å². The van der Waals surface area contributed by atoms with Crippen LogP contribution in [0.15, 0.2) is 23.2 Å².